The summed E-state index contributed by atoms with van der Waals surface area (Å²) in [6.45, 7) is 0. The molecule has 22 aromatic rings. The minimum atomic E-state index is 0.294. The fraction of sp³-hybridized carbons (Fsp3) is 0. The molecule has 0 aliphatic carbocycles. The molecule has 0 unspecified atom stereocenters. The van der Waals surface area contributed by atoms with E-state index >= 15 is 0 Å². The second kappa shape index (κ2) is 31.6. The van der Waals surface area contributed by atoms with Crippen molar-refractivity contribution in [2.45, 2.75) is 0 Å². The largest absolute Gasteiger partial charge is 0.307 e. The summed E-state index contributed by atoms with van der Waals surface area (Å²) >= 11 is 0. The second-order valence-corrected chi connectivity index (χ2v) is 32.2. The highest BCUT2D eigenvalue weighted by Crippen LogP contribution is 2.50. The number of aromatic nitrogens is 6. The summed E-state index contributed by atoms with van der Waals surface area (Å²) in [6.07, 6.45) is 0. The average molecular weight is 1680 g/mol. The molecule has 0 fully saturated rings. The van der Waals surface area contributed by atoms with Crippen LogP contribution in [0, 0.1) is 113 Å². The number of para-hydroxylation sites is 2. The summed E-state index contributed by atoms with van der Waals surface area (Å²) in [5.41, 5.74) is 24.3. The van der Waals surface area contributed by atoms with Crippen molar-refractivity contribution in [3.8, 4) is 184 Å². The van der Waals surface area contributed by atoms with E-state index in [1.165, 1.54) is 0 Å². The summed E-state index contributed by atoms with van der Waals surface area (Å²) in [7, 11) is 0. The van der Waals surface area contributed by atoms with Crippen LogP contribution in [0.3, 0.4) is 0 Å². The van der Waals surface area contributed by atoms with Gasteiger partial charge in [0.1, 0.15) is 0 Å². The number of pyridine rings is 2. The van der Waals surface area contributed by atoms with Gasteiger partial charge in [0.05, 0.1) is 206 Å². The lowest BCUT2D eigenvalue weighted by Crippen LogP contribution is -2.06. The van der Waals surface area contributed by atoms with Crippen LogP contribution in [0.2, 0.25) is 0 Å². The van der Waals surface area contributed by atoms with E-state index in [0.717, 1.165) is 110 Å². The first-order valence-electron chi connectivity index (χ1n) is 42.2. The molecule has 0 N–H and O–H groups in total. The molecule has 0 spiro atoms. The first-order chi connectivity index (χ1) is 65.0. The highest BCUT2D eigenvalue weighted by atomic mass is 15.1. The zero-order valence-electron chi connectivity index (χ0n) is 69.6. The summed E-state index contributed by atoms with van der Waals surface area (Å²) in [6, 6.07) is 137. The number of hydrogen-bond acceptors (Lipinski definition) is 12. The Morgan fingerprint density at radius 2 is 0.462 bits per heavy atom. The highest BCUT2D eigenvalue weighted by molar-refractivity contribution is 6.20. The highest BCUT2D eigenvalue weighted by Gasteiger charge is 2.30. The monoisotopic (exact) mass is 1670 g/mol. The zero-order valence-corrected chi connectivity index (χ0v) is 69.6. The molecular formula is C116H58N16. The van der Waals surface area contributed by atoms with Gasteiger partial charge in [0.25, 0.3) is 0 Å². The molecule has 0 saturated heterocycles. The zero-order chi connectivity index (χ0) is 89.5. The molecule has 602 valence electrons. The Morgan fingerprint density at radius 1 is 0.167 bits per heavy atom. The van der Waals surface area contributed by atoms with Gasteiger partial charge in [-0.2, -0.15) is 52.6 Å². The third-order valence-corrected chi connectivity index (χ3v) is 25.2. The van der Waals surface area contributed by atoms with Gasteiger partial charge < -0.3 is 18.3 Å². The Labute approximate surface area is 754 Å². The SMILES string of the molecule is N#Cc1ccc(-c2ccc3c(c2)c2ccccc2n3-c2cc(-c3cccc(-c4ccccc4)n3)c(C#N)cc2-n2c3ccc(-c4ccc(C#N)cc4C#N)cc3c3cc(-c4cccc5c4c4ccc(-c6ccc(C#N)cc6C#N)cc4n5-c4cc(-c5cccc(-c6ccccc6)n5)c(C#N)cc4-n4c5ccccc5c5ccc(-c6ccc(C#N)cc6C#N)cc54)ccc32)c(C#N)c1. The van der Waals surface area contributed by atoms with Gasteiger partial charge in [-0.25, -0.2) is 9.97 Å². The molecule has 132 heavy (non-hydrogen) atoms. The lowest BCUT2D eigenvalue weighted by atomic mass is 9.95. The van der Waals surface area contributed by atoms with Crippen LogP contribution in [0.15, 0.2) is 352 Å². The van der Waals surface area contributed by atoms with E-state index in [-0.39, 0.29) is 0 Å². The number of hydrogen-bond donors (Lipinski definition) is 0. The quantitative estimate of drug-likeness (QED) is 0.104. The van der Waals surface area contributed by atoms with Crippen molar-refractivity contribution in [3.63, 3.8) is 0 Å². The molecular weight excluding hydrogens is 1620 g/mol. The van der Waals surface area contributed by atoms with E-state index in [9.17, 15) is 52.6 Å². The average Bonchev–Trinajstić information content (AvgIpc) is 1.55. The Balaban J connectivity index is 0.838. The van der Waals surface area contributed by atoms with Gasteiger partial charge in [0.15, 0.2) is 0 Å². The number of rotatable bonds is 13. The van der Waals surface area contributed by atoms with Crippen LogP contribution in [0.1, 0.15) is 55.6 Å². The number of benzene rings is 16. The number of nitrogens with zero attached hydrogens (tertiary/aromatic N) is 16. The first kappa shape index (κ1) is 77.9. The van der Waals surface area contributed by atoms with Gasteiger partial charge in [-0.3, -0.25) is 0 Å². The smallest absolute Gasteiger partial charge is 0.0999 e. The topological polar surface area (TPSA) is 283 Å². The van der Waals surface area contributed by atoms with E-state index in [0.29, 0.717) is 157 Å². The van der Waals surface area contributed by atoms with Crippen molar-refractivity contribution in [1.82, 2.24) is 28.2 Å². The standard InChI is InChI=1S/C116H58N16/c117-59-69-28-37-86(80(46-69)63-121)75-34-43-106-97(50-75)92-19-8-10-26-105(92)129(106)114-57-95(102-23-12-21-100(127-102)73-14-3-1-4-15-73)84(67-125)55-112(114)130-107-44-35-76(87-38-29-70(60-118)47-81(87)64-122)51-98(107)99-52-77(36-45-108(99)130)90-20-11-27-109-116(90)94-42-33-79(89-40-31-72(62-120)49-83(89)66-124)54-111(94)132(109)115-58-96(103-24-13-22-101(128-103)74-16-5-2-6-17-74)85(68-126)56-113(115)131-104-25-9-7-18-91(104)93-41-32-78(53-110(93)131)88-39-30-71(61-119)48-82(88)65-123/h1-58H. The summed E-state index contributed by atoms with van der Waals surface area (Å²) in [5.74, 6) is 0. The minimum absolute atomic E-state index is 0.294. The molecule has 0 saturated carbocycles. The lowest BCUT2D eigenvalue weighted by Gasteiger charge is -2.20. The molecule has 6 aromatic heterocycles. The lowest BCUT2D eigenvalue weighted by molar-refractivity contribution is 1.09. The van der Waals surface area contributed by atoms with E-state index in [4.69, 9.17) is 9.97 Å². The molecule has 16 nitrogen and oxygen atoms in total. The van der Waals surface area contributed by atoms with Crippen molar-refractivity contribution < 1.29 is 0 Å². The molecule has 0 radical (unpaired) electrons. The van der Waals surface area contributed by atoms with Crippen LogP contribution in [-0.4, -0.2) is 28.2 Å². The Bertz CT molecular complexity index is 9310. The summed E-state index contributed by atoms with van der Waals surface area (Å²) in [5, 5.41) is 114. The van der Waals surface area contributed by atoms with Gasteiger partial charge in [0, 0.05) is 65.3 Å². The van der Waals surface area contributed by atoms with Gasteiger partial charge >= 0.3 is 0 Å². The first-order valence-corrected chi connectivity index (χ1v) is 42.2. The fourth-order valence-electron chi connectivity index (χ4n) is 19.2. The van der Waals surface area contributed by atoms with Crippen molar-refractivity contribution in [2.75, 3.05) is 0 Å². The van der Waals surface area contributed by atoms with Gasteiger partial charge in [-0.15, -0.1) is 0 Å². The number of nitriles is 10. The Hall–Kier alpha value is -20.1. The van der Waals surface area contributed by atoms with E-state index in [2.05, 4.69) is 182 Å². The summed E-state index contributed by atoms with van der Waals surface area (Å²) < 4.78 is 8.83. The maximum Gasteiger partial charge on any atom is 0.0999 e. The van der Waals surface area contributed by atoms with Crippen LogP contribution in [0.5, 0.6) is 0 Å². The third kappa shape index (κ3) is 12.7. The van der Waals surface area contributed by atoms with Crippen LogP contribution >= 0.6 is 0 Å². The predicted octanol–water partition coefficient (Wildman–Crippen LogP) is 26.6. The predicted molar refractivity (Wildman–Crippen MR) is 515 cm³/mol. The van der Waals surface area contributed by atoms with Crippen LogP contribution in [-0.2, 0) is 0 Å². The molecule has 6 heterocycles. The van der Waals surface area contributed by atoms with E-state index < -0.39 is 0 Å². The molecule has 0 atom stereocenters. The van der Waals surface area contributed by atoms with Gasteiger partial charge in [-0.1, -0.05) is 188 Å². The maximum atomic E-state index is 11.9. The van der Waals surface area contributed by atoms with Crippen molar-refractivity contribution in [2.24, 2.45) is 0 Å². The van der Waals surface area contributed by atoms with Crippen molar-refractivity contribution in [3.05, 3.63) is 407 Å². The fourth-order valence-corrected chi connectivity index (χ4v) is 19.2. The van der Waals surface area contributed by atoms with Crippen LogP contribution < -0.4 is 0 Å². The van der Waals surface area contributed by atoms with Gasteiger partial charge in [0.2, 0.25) is 0 Å². The molecule has 22 rings (SSSR count). The second-order valence-electron chi connectivity index (χ2n) is 32.2. The molecule has 16 aromatic carbocycles. The van der Waals surface area contributed by atoms with Crippen molar-refractivity contribution in [1.29, 1.82) is 52.6 Å². The van der Waals surface area contributed by atoms with Crippen LogP contribution in [0.25, 0.3) is 211 Å². The minimum Gasteiger partial charge on any atom is -0.307 e. The third-order valence-electron chi connectivity index (χ3n) is 25.2. The summed E-state index contributed by atoms with van der Waals surface area (Å²) in [4.78, 5) is 10.7. The molecule has 0 aliphatic rings. The number of fused-ring (bicyclic) bond motifs is 12. The molecule has 0 bridgehead atoms. The van der Waals surface area contributed by atoms with E-state index in [1.807, 2.05) is 188 Å². The Morgan fingerprint density at radius 3 is 0.879 bits per heavy atom. The van der Waals surface area contributed by atoms with Crippen molar-refractivity contribution >= 4 is 87.2 Å². The van der Waals surface area contributed by atoms with E-state index in [1.54, 1.807) is 60.7 Å². The Kier molecular flexibility index (Phi) is 18.7. The normalized spacial score (nSPS) is 11.1. The van der Waals surface area contributed by atoms with Gasteiger partial charge in [-0.05, 0) is 219 Å². The molecule has 0 amide bonds. The molecule has 16 heteroatoms. The van der Waals surface area contributed by atoms with Crippen LogP contribution in [0.4, 0.5) is 0 Å². The molecule has 0 aliphatic heterocycles. The maximum absolute atomic E-state index is 11.9.